The van der Waals surface area contributed by atoms with E-state index < -0.39 is 0 Å². The molecular formula is C50H33NS. The largest absolute Gasteiger partial charge is 0.310 e. The van der Waals surface area contributed by atoms with Gasteiger partial charge in [0.15, 0.2) is 0 Å². The zero-order chi connectivity index (χ0) is 34.4. The van der Waals surface area contributed by atoms with Gasteiger partial charge in [-0.05, 0) is 97.9 Å². The van der Waals surface area contributed by atoms with E-state index in [0.29, 0.717) is 0 Å². The maximum absolute atomic E-state index is 2.44. The molecule has 0 spiro atoms. The molecule has 9 aromatic carbocycles. The molecule has 1 aromatic heterocycles. The Bertz CT molecular complexity index is 2890. The third-order valence-electron chi connectivity index (χ3n) is 10.3. The molecule has 10 aromatic rings. The molecule has 10 rings (SSSR count). The van der Waals surface area contributed by atoms with Crippen LogP contribution in [0.15, 0.2) is 200 Å². The highest BCUT2D eigenvalue weighted by atomic mass is 32.1. The molecule has 0 aliphatic carbocycles. The summed E-state index contributed by atoms with van der Waals surface area (Å²) in [6, 6.07) is 73.0. The van der Waals surface area contributed by atoms with Gasteiger partial charge in [0.05, 0.1) is 5.69 Å². The van der Waals surface area contributed by atoms with Crippen LogP contribution in [0, 0.1) is 0 Å². The van der Waals surface area contributed by atoms with Gasteiger partial charge < -0.3 is 4.90 Å². The van der Waals surface area contributed by atoms with Gasteiger partial charge in [0.25, 0.3) is 0 Å². The van der Waals surface area contributed by atoms with Crippen LogP contribution in [0.5, 0.6) is 0 Å². The van der Waals surface area contributed by atoms with Crippen LogP contribution in [0.25, 0.3) is 75.1 Å². The smallest absolute Gasteiger partial charge is 0.0540 e. The molecule has 0 saturated heterocycles. The Morgan fingerprint density at radius 2 is 0.865 bits per heavy atom. The third-order valence-corrected chi connectivity index (χ3v) is 11.4. The molecule has 0 unspecified atom stereocenters. The molecule has 244 valence electrons. The average molecular weight is 680 g/mol. The highest BCUT2D eigenvalue weighted by Crippen LogP contribution is 2.46. The first-order valence-electron chi connectivity index (χ1n) is 17.8. The summed E-state index contributed by atoms with van der Waals surface area (Å²) in [4.78, 5) is 2.44. The number of nitrogens with zero attached hydrogens (tertiary/aromatic N) is 1. The lowest BCUT2D eigenvalue weighted by Crippen LogP contribution is -2.11. The van der Waals surface area contributed by atoms with Crippen LogP contribution in [0.1, 0.15) is 0 Å². The van der Waals surface area contributed by atoms with Gasteiger partial charge in [0.1, 0.15) is 0 Å². The molecule has 0 saturated carbocycles. The molecular weight excluding hydrogens is 647 g/mol. The van der Waals surface area contributed by atoms with Crippen molar-refractivity contribution in [3.63, 3.8) is 0 Å². The van der Waals surface area contributed by atoms with Crippen LogP contribution < -0.4 is 4.90 Å². The Morgan fingerprint density at radius 3 is 1.63 bits per heavy atom. The Kier molecular flexibility index (Phi) is 7.41. The Balaban J connectivity index is 1.19. The van der Waals surface area contributed by atoms with Gasteiger partial charge in [-0.1, -0.05) is 152 Å². The lowest BCUT2D eigenvalue weighted by Gasteiger charge is -2.28. The number of benzene rings is 9. The number of rotatable bonds is 6. The van der Waals surface area contributed by atoms with Crippen molar-refractivity contribution in [3.05, 3.63) is 200 Å². The molecule has 0 atom stereocenters. The second-order valence-electron chi connectivity index (χ2n) is 13.3. The van der Waals surface area contributed by atoms with Crippen LogP contribution >= 0.6 is 11.3 Å². The summed E-state index contributed by atoms with van der Waals surface area (Å²) in [5, 5.41) is 7.62. The fourth-order valence-corrected chi connectivity index (χ4v) is 8.87. The van der Waals surface area contributed by atoms with Gasteiger partial charge in [-0.3, -0.25) is 0 Å². The topological polar surface area (TPSA) is 3.24 Å². The number of thiophene rings is 1. The molecule has 52 heavy (non-hydrogen) atoms. The highest BCUT2D eigenvalue weighted by molar-refractivity contribution is 7.25. The molecule has 0 fully saturated rings. The number of hydrogen-bond donors (Lipinski definition) is 0. The number of hydrogen-bond acceptors (Lipinski definition) is 2. The fraction of sp³-hybridized carbons (Fsp3) is 0. The average Bonchev–Trinajstić information content (AvgIpc) is 3.57. The zero-order valence-electron chi connectivity index (χ0n) is 28.4. The maximum atomic E-state index is 2.44. The maximum Gasteiger partial charge on any atom is 0.0540 e. The van der Waals surface area contributed by atoms with Gasteiger partial charge in [0, 0.05) is 37.1 Å². The van der Waals surface area contributed by atoms with Gasteiger partial charge in [0.2, 0.25) is 0 Å². The monoisotopic (exact) mass is 679 g/mol. The van der Waals surface area contributed by atoms with E-state index in [1.54, 1.807) is 0 Å². The standard InChI is InChI=1S/C50H33NS/c1-3-13-34(14-4-1)35-23-25-39(26-24-35)51(40-27-30-49-47(33-40)46-31-37-17-7-8-18-38(37)32-50(46)52-49)48-22-12-11-21-45(48)44-29-28-41(36-15-5-2-6-16-36)42-19-9-10-20-43(42)44/h1-33H. The van der Waals surface area contributed by atoms with Crippen molar-refractivity contribution in [3.8, 4) is 33.4 Å². The Morgan fingerprint density at radius 1 is 0.308 bits per heavy atom. The lowest BCUT2D eigenvalue weighted by atomic mass is 9.91. The zero-order valence-corrected chi connectivity index (χ0v) is 29.2. The van der Waals surface area contributed by atoms with Gasteiger partial charge >= 0.3 is 0 Å². The predicted octanol–water partition coefficient (Wildman–Crippen LogP) is 14.8. The van der Waals surface area contributed by atoms with Crippen LogP contribution in [-0.4, -0.2) is 0 Å². The second kappa shape index (κ2) is 12.7. The summed E-state index contributed by atoms with van der Waals surface area (Å²) >= 11 is 1.87. The number of para-hydroxylation sites is 1. The second-order valence-corrected chi connectivity index (χ2v) is 14.4. The molecule has 0 amide bonds. The van der Waals surface area contributed by atoms with Gasteiger partial charge in [-0.2, -0.15) is 0 Å². The van der Waals surface area contributed by atoms with E-state index in [4.69, 9.17) is 0 Å². The minimum atomic E-state index is 1.11. The van der Waals surface area contributed by atoms with E-state index >= 15 is 0 Å². The van der Waals surface area contributed by atoms with Gasteiger partial charge in [-0.15, -0.1) is 11.3 Å². The first kappa shape index (κ1) is 30.4. The van der Waals surface area contributed by atoms with Crippen molar-refractivity contribution in [1.82, 2.24) is 0 Å². The molecule has 1 nitrogen and oxygen atoms in total. The summed E-state index contributed by atoms with van der Waals surface area (Å²) in [6.45, 7) is 0. The third kappa shape index (κ3) is 5.24. The van der Waals surface area contributed by atoms with E-state index in [-0.39, 0.29) is 0 Å². The summed E-state index contributed by atoms with van der Waals surface area (Å²) in [5.41, 5.74) is 10.7. The molecule has 1 heterocycles. The number of fused-ring (bicyclic) bond motifs is 5. The quantitative estimate of drug-likeness (QED) is 0.169. The summed E-state index contributed by atoms with van der Waals surface area (Å²) < 4.78 is 2.61. The predicted molar refractivity (Wildman–Crippen MR) is 225 cm³/mol. The first-order valence-corrected chi connectivity index (χ1v) is 18.6. The van der Waals surface area contributed by atoms with E-state index in [1.165, 1.54) is 75.1 Å². The molecule has 0 aliphatic heterocycles. The fourth-order valence-electron chi connectivity index (χ4n) is 7.75. The molecule has 2 heteroatoms. The van der Waals surface area contributed by atoms with Crippen LogP contribution in [0.4, 0.5) is 17.1 Å². The Hall–Kier alpha value is -6.48. The molecule has 0 radical (unpaired) electrons. The van der Waals surface area contributed by atoms with Crippen LogP contribution in [-0.2, 0) is 0 Å². The van der Waals surface area contributed by atoms with Crippen molar-refractivity contribution in [2.24, 2.45) is 0 Å². The summed E-state index contributed by atoms with van der Waals surface area (Å²) in [7, 11) is 0. The normalized spacial score (nSPS) is 11.5. The molecule has 0 bridgehead atoms. The van der Waals surface area contributed by atoms with Crippen molar-refractivity contribution >= 4 is 70.1 Å². The van der Waals surface area contributed by atoms with E-state index in [0.717, 1.165) is 17.1 Å². The Labute approximate surface area is 307 Å². The molecule has 0 aliphatic rings. The van der Waals surface area contributed by atoms with Gasteiger partial charge in [-0.25, -0.2) is 0 Å². The van der Waals surface area contributed by atoms with Crippen LogP contribution in [0.3, 0.4) is 0 Å². The van der Waals surface area contributed by atoms with Crippen molar-refractivity contribution in [2.75, 3.05) is 4.90 Å². The van der Waals surface area contributed by atoms with E-state index in [2.05, 4.69) is 205 Å². The SMILES string of the molecule is c1ccc(-c2ccc(N(c3ccc4sc5cc6ccccc6cc5c4c3)c3ccccc3-c3ccc(-c4ccccc4)c4ccccc34)cc2)cc1. The van der Waals surface area contributed by atoms with Crippen LogP contribution in [0.2, 0.25) is 0 Å². The summed E-state index contributed by atoms with van der Waals surface area (Å²) in [5.74, 6) is 0. The van der Waals surface area contributed by atoms with Crippen molar-refractivity contribution < 1.29 is 0 Å². The van der Waals surface area contributed by atoms with Crippen molar-refractivity contribution in [2.45, 2.75) is 0 Å². The minimum absolute atomic E-state index is 1.11. The van der Waals surface area contributed by atoms with E-state index in [9.17, 15) is 0 Å². The first-order chi connectivity index (χ1) is 25.8. The lowest BCUT2D eigenvalue weighted by molar-refractivity contribution is 1.29. The number of anilines is 3. The summed E-state index contributed by atoms with van der Waals surface area (Å²) in [6.07, 6.45) is 0. The van der Waals surface area contributed by atoms with Crippen molar-refractivity contribution in [1.29, 1.82) is 0 Å². The highest BCUT2D eigenvalue weighted by Gasteiger charge is 2.20. The molecule has 0 N–H and O–H groups in total. The minimum Gasteiger partial charge on any atom is -0.310 e. The van der Waals surface area contributed by atoms with E-state index in [1.807, 2.05) is 11.3 Å².